The second kappa shape index (κ2) is 5.61. The maximum atomic E-state index is 11.6. The second-order valence-electron chi connectivity index (χ2n) is 5.41. The van der Waals surface area contributed by atoms with E-state index in [0.29, 0.717) is 12.6 Å². The van der Waals surface area contributed by atoms with Crippen molar-refractivity contribution in [2.75, 3.05) is 18.0 Å². The number of nitrogens with one attached hydrogen (secondary N) is 1. The van der Waals surface area contributed by atoms with E-state index in [2.05, 4.69) is 10.2 Å². The Morgan fingerprint density at radius 2 is 2.05 bits per heavy atom. The highest BCUT2D eigenvalue weighted by Crippen LogP contribution is 2.24. The lowest BCUT2D eigenvalue weighted by molar-refractivity contribution is -0.143. The minimum Gasteiger partial charge on any atom is -0.480 e. The zero-order valence-electron chi connectivity index (χ0n) is 11.6. The number of hydrogen-bond donors (Lipinski definition) is 2. The Bertz CT molecular complexity index is 431. The molecule has 0 aromatic heterocycles. The van der Waals surface area contributed by atoms with Gasteiger partial charge >= 0.3 is 5.97 Å². The van der Waals surface area contributed by atoms with E-state index in [1.165, 1.54) is 0 Å². The van der Waals surface area contributed by atoms with Crippen LogP contribution in [0.15, 0.2) is 30.3 Å². The first-order chi connectivity index (χ1) is 9.05. The Morgan fingerprint density at radius 3 is 2.53 bits per heavy atom. The third-order valence-corrected chi connectivity index (χ3v) is 3.58. The molecular formula is C15H22N2O2. The number of para-hydroxylation sites is 1. The van der Waals surface area contributed by atoms with E-state index in [1.807, 2.05) is 37.3 Å². The topological polar surface area (TPSA) is 52.6 Å². The molecule has 19 heavy (non-hydrogen) atoms. The van der Waals surface area contributed by atoms with Gasteiger partial charge in [-0.1, -0.05) is 18.2 Å². The molecular weight excluding hydrogens is 240 g/mol. The van der Waals surface area contributed by atoms with Gasteiger partial charge in [-0.05, 0) is 38.8 Å². The van der Waals surface area contributed by atoms with Gasteiger partial charge in [0, 0.05) is 24.8 Å². The van der Waals surface area contributed by atoms with Crippen molar-refractivity contribution in [3.63, 3.8) is 0 Å². The van der Waals surface area contributed by atoms with E-state index in [1.54, 1.807) is 6.92 Å². The minimum absolute atomic E-state index is 0.371. The number of anilines is 1. The number of aliphatic carboxylic acids is 1. The summed E-state index contributed by atoms with van der Waals surface area (Å²) in [6, 6.07) is 10.3. The fourth-order valence-corrected chi connectivity index (χ4v) is 2.26. The molecule has 1 saturated carbocycles. The molecule has 2 N–H and O–H groups in total. The first kappa shape index (κ1) is 13.9. The van der Waals surface area contributed by atoms with Crippen molar-refractivity contribution in [2.24, 2.45) is 0 Å². The highest BCUT2D eigenvalue weighted by atomic mass is 16.4. The fraction of sp³-hybridized carbons (Fsp3) is 0.533. The van der Waals surface area contributed by atoms with Gasteiger partial charge in [-0.25, -0.2) is 0 Å². The number of nitrogens with zero attached hydrogens (tertiary/aromatic N) is 1. The average molecular weight is 262 g/mol. The van der Waals surface area contributed by atoms with E-state index in [4.69, 9.17) is 0 Å². The fourth-order valence-electron chi connectivity index (χ4n) is 2.26. The first-order valence-corrected chi connectivity index (χ1v) is 6.86. The molecule has 1 aliphatic carbocycles. The van der Waals surface area contributed by atoms with Crippen molar-refractivity contribution < 1.29 is 9.90 Å². The largest absolute Gasteiger partial charge is 0.480 e. The average Bonchev–Trinajstić information content (AvgIpc) is 3.20. The van der Waals surface area contributed by atoms with E-state index in [-0.39, 0.29) is 0 Å². The molecule has 1 aromatic rings. The van der Waals surface area contributed by atoms with Crippen molar-refractivity contribution in [2.45, 2.75) is 38.3 Å². The molecule has 0 heterocycles. The maximum Gasteiger partial charge on any atom is 0.325 e. The number of likely N-dealkylation sites (N-methyl/N-ethyl adjacent to an activating group) is 1. The molecule has 0 radical (unpaired) electrons. The Hall–Kier alpha value is -1.55. The SMILES string of the molecule is CCN(CC(C)(NC1CC1)C(=O)O)c1ccccc1. The summed E-state index contributed by atoms with van der Waals surface area (Å²) in [5.41, 5.74) is 0.169. The van der Waals surface area contributed by atoms with Crippen molar-refractivity contribution in [3.05, 3.63) is 30.3 Å². The van der Waals surface area contributed by atoms with Gasteiger partial charge in [-0.15, -0.1) is 0 Å². The smallest absolute Gasteiger partial charge is 0.325 e. The molecule has 1 fully saturated rings. The number of carboxylic acid groups (broad SMARTS) is 1. The van der Waals surface area contributed by atoms with E-state index in [9.17, 15) is 9.90 Å². The predicted octanol–water partition coefficient (Wildman–Crippen LogP) is 2.11. The molecule has 0 saturated heterocycles. The van der Waals surface area contributed by atoms with Crippen LogP contribution in [0.25, 0.3) is 0 Å². The highest BCUT2D eigenvalue weighted by molar-refractivity contribution is 5.79. The van der Waals surface area contributed by atoms with Crippen molar-refractivity contribution in [1.29, 1.82) is 0 Å². The van der Waals surface area contributed by atoms with Gasteiger partial charge in [0.2, 0.25) is 0 Å². The van der Waals surface area contributed by atoms with E-state index in [0.717, 1.165) is 25.1 Å². The van der Waals surface area contributed by atoms with E-state index >= 15 is 0 Å². The molecule has 1 unspecified atom stereocenters. The van der Waals surface area contributed by atoms with Crippen LogP contribution in [-0.2, 0) is 4.79 Å². The molecule has 1 aliphatic rings. The van der Waals surface area contributed by atoms with Gasteiger partial charge in [0.25, 0.3) is 0 Å². The molecule has 0 aliphatic heterocycles. The van der Waals surface area contributed by atoms with Crippen LogP contribution in [0.3, 0.4) is 0 Å². The standard InChI is InChI=1S/C15H22N2O2/c1-3-17(13-7-5-4-6-8-13)11-15(2,14(18)19)16-12-9-10-12/h4-8,12,16H,3,9-11H2,1-2H3,(H,18,19). The van der Waals surface area contributed by atoms with Crippen LogP contribution in [0.1, 0.15) is 26.7 Å². The van der Waals surface area contributed by atoms with Crippen molar-refractivity contribution in [3.8, 4) is 0 Å². The van der Waals surface area contributed by atoms with Gasteiger partial charge < -0.3 is 10.0 Å². The highest BCUT2D eigenvalue weighted by Gasteiger charge is 2.39. The number of rotatable bonds is 7. The molecule has 0 bridgehead atoms. The normalized spacial score (nSPS) is 17.8. The second-order valence-corrected chi connectivity index (χ2v) is 5.41. The quantitative estimate of drug-likeness (QED) is 0.790. The van der Waals surface area contributed by atoms with Crippen molar-refractivity contribution >= 4 is 11.7 Å². The molecule has 2 rings (SSSR count). The Labute approximate surface area is 114 Å². The summed E-state index contributed by atoms with van der Waals surface area (Å²) in [4.78, 5) is 13.7. The summed E-state index contributed by atoms with van der Waals surface area (Å²) < 4.78 is 0. The maximum absolute atomic E-state index is 11.6. The number of hydrogen-bond acceptors (Lipinski definition) is 3. The van der Waals surface area contributed by atoms with Crippen LogP contribution in [0.4, 0.5) is 5.69 Å². The van der Waals surface area contributed by atoms with Crippen LogP contribution in [0.2, 0.25) is 0 Å². The van der Waals surface area contributed by atoms with Gasteiger partial charge in [-0.2, -0.15) is 0 Å². The Kier molecular flexibility index (Phi) is 4.10. The lowest BCUT2D eigenvalue weighted by Gasteiger charge is -2.34. The number of carbonyl (C=O) groups is 1. The summed E-state index contributed by atoms with van der Waals surface area (Å²) in [6.07, 6.45) is 2.17. The van der Waals surface area contributed by atoms with Gasteiger partial charge in [0.15, 0.2) is 0 Å². The number of benzene rings is 1. The zero-order chi connectivity index (χ0) is 13.9. The molecule has 0 amide bonds. The van der Waals surface area contributed by atoms with Crippen LogP contribution in [-0.4, -0.2) is 35.7 Å². The summed E-state index contributed by atoms with van der Waals surface area (Å²) in [5.74, 6) is -0.784. The third-order valence-electron chi connectivity index (χ3n) is 3.58. The van der Waals surface area contributed by atoms with Crippen LogP contribution >= 0.6 is 0 Å². The lowest BCUT2D eigenvalue weighted by Crippen LogP contribution is -2.57. The Morgan fingerprint density at radius 1 is 1.42 bits per heavy atom. The summed E-state index contributed by atoms with van der Waals surface area (Å²) in [7, 11) is 0. The molecule has 1 aromatic carbocycles. The van der Waals surface area contributed by atoms with Crippen molar-refractivity contribution in [1.82, 2.24) is 5.32 Å². The summed E-state index contributed by atoms with van der Waals surface area (Å²) in [5, 5.41) is 12.8. The van der Waals surface area contributed by atoms with E-state index < -0.39 is 11.5 Å². The predicted molar refractivity (Wildman–Crippen MR) is 76.5 cm³/mol. The van der Waals surface area contributed by atoms with Crippen LogP contribution in [0.5, 0.6) is 0 Å². The minimum atomic E-state index is -0.896. The van der Waals surface area contributed by atoms with Crippen LogP contribution < -0.4 is 10.2 Å². The van der Waals surface area contributed by atoms with Crippen LogP contribution in [0, 0.1) is 0 Å². The summed E-state index contributed by atoms with van der Waals surface area (Å²) >= 11 is 0. The van der Waals surface area contributed by atoms with Gasteiger partial charge in [0.05, 0.1) is 0 Å². The third kappa shape index (κ3) is 3.47. The molecule has 4 heteroatoms. The zero-order valence-corrected chi connectivity index (χ0v) is 11.6. The number of carboxylic acids is 1. The van der Waals surface area contributed by atoms with Gasteiger partial charge in [-0.3, -0.25) is 10.1 Å². The molecule has 104 valence electrons. The first-order valence-electron chi connectivity index (χ1n) is 6.86. The Balaban J connectivity index is 2.12. The lowest BCUT2D eigenvalue weighted by atomic mass is 10.0. The summed E-state index contributed by atoms with van der Waals surface area (Å²) in [6.45, 7) is 5.09. The molecule has 0 spiro atoms. The van der Waals surface area contributed by atoms with Gasteiger partial charge in [0.1, 0.15) is 5.54 Å². The molecule has 1 atom stereocenters. The molecule has 4 nitrogen and oxygen atoms in total. The monoisotopic (exact) mass is 262 g/mol.